The summed E-state index contributed by atoms with van der Waals surface area (Å²) in [5.41, 5.74) is 0.583. The van der Waals surface area contributed by atoms with Gasteiger partial charge < -0.3 is 10.6 Å². The molecular formula is C15H11F3N4O4S2. The number of anilines is 2. The van der Waals surface area contributed by atoms with Gasteiger partial charge in [-0.25, -0.2) is 8.42 Å². The third-order valence-electron chi connectivity index (χ3n) is 4.30. The van der Waals surface area contributed by atoms with Gasteiger partial charge in [0.2, 0.25) is 0 Å². The molecule has 2 heterocycles. The van der Waals surface area contributed by atoms with Crippen LogP contribution in [0.4, 0.5) is 29.5 Å². The minimum Gasteiger partial charge on any atom is -0.389 e. The number of rotatable bonds is 3. The number of fused-ring (bicyclic) bond motifs is 1. The molecule has 1 aliphatic rings. The van der Waals surface area contributed by atoms with Crippen LogP contribution in [0.1, 0.15) is 16.0 Å². The van der Waals surface area contributed by atoms with E-state index in [1.807, 2.05) is 6.07 Å². The second-order valence-corrected chi connectivity index (χ2v) is 8.96. The molecule has 0 aliphatic carbocycles. The summed E-state index contributed by atoms with van der Waals surface area (Å²) >= 11 is 1.16. The Balaban J connectivity index is 2.04. The number of hydrogen-bond acceptors (Lipinski definition) is 8. The van der Waals surface area contributed by atoms with Crippen LogP contribution in [0.5, 0.6) is 0 Å². The third-order valence-corrected chi connectivity index (χ3v) is 6.83. The lowest BCUT2D eigenvalue weighted by Crippen LogP contribution is -2.30. The van der Waals surface area contributed by atoms with E-state index in [1.165, 1.54) is 0 Å². The molecule has 0 unspecified atom stereocenters. The van der Waals surface area contributed by atoms with Crippen molar-refractivity contribution in [1.82, 2.24) is 0 Å². The molecule has 148 valence electrons. The quantitative estimate of drug-likeness (QED) is 0.583. The molecule has 28 heavy (non-hydrogen) atoms. The van der Waals surface area contributed by atoms with Crippen molar-refractivity contribution in [3.05, 3.63) is 44.3 Å². The summed E-state index contributed by atoms with van der Waals surface area (Å²) in [5, 5.41) is 20.9. The summed E-state index contributed by atoms with van der Waals surface area (Å²) in [6.45, 7) is 0.419. The Bertz CT molecular complexity index is 1120. The third kappa shape index (κ3) is 3.14. The predicted octanol–water partition coefficient (Wildman–Crippen LogP) is 2.97. The summed E-state index contributed by atoms with van der Waals surface area (Å²) in [7, 11) is -5.71. The lowest BCUT2D eigenvalue weighted by Gasteiger charge is -2.28. The van der Waals surface area contributed by atoms with Gasteiger partial charge in [0.1, 0.15) is 16.8 Å². The fraction of sp³-hybridized carbons (Fsp3) is 0.267. The van der Waals surface area contributed by atoms with Crippen LogP contribution < -0.4 is 10.6 Å². The Morgan fingerprint density at radius 3 is 2.61 bits per heavy atom. The van der Waals surface area contributed by atoms with E-state index in [1.54, 1.807) is 4.90 Å². The number of hydrogen-bond donors (Lipinski definition) is 1. The Morgan fingerprint density at radius 2 is 2.04 bits per heavy atom. The first-order chi connectivity index (χ1) is 13.0. The largest absolute Gasteiger partial charge is 0.501 e. The van der Waals surface area contributed by atoms with E-state index < -0.39 is 30.9 Å². The molecule has 8 nitrogen and oxygen atoms in total. The first kappa shape index (κ1) is 19.9. The van der Waals surface area contributed by atoms with Crippen LogP contribution in [-0.4, -0.2) is 25.4 Å². The molecule has 13 heteroatoms. The highest BCUT2D eigenvalue weighted by Crippen LogP contribution is 2.40. The van der Waals surface area contributed by atoms with Crippen LogP contribution in [0, 0.1) is 21.4 Å². The van der Waals surface area contributed by atoms with Gasteiger partial charge >= 0.3 is 5.51 Å². The van der Waals surface area contributed by atoms with Crippen LogP contribution in [0.3, 0.4) is 0 Å². The summed E-state index contributed by atoms with van der Waals surface area (Å²) in [4.78, 5) is 11.5. The van der Waals surface area contributed by atoms with Crippen molar-refractivity contribution in [2.24, 2.45) is 0 Å². The lowest BCUT2D eigenvalue weighted by atomic mass is 10.0. The highest BCUT2D eigenvalue weighted by atomic mass is 32.2. The van der Waals surface area contributed by atoms with Crippen LogP contribution in [0.15, 0.2) is 23.1 Å². The van der Waals surface area contributed by atoms with Crippen molar-refractivity contribution in [1.29, 1.82) is 5.26 Å². The second-order valence-electron chi connectivity index (χ2n) is 5.88. The Labute approximate surface area is 160 Å². The summed E-state index contributed by atoms with van der Waals surface area (Å²) in [6.07, 6.45) is 0.367. The zero-order chi connectivity index (χ0) is 20.9. The highest BCUT2D eigenvalue weighted by molar-refractivity contribution is 7.92. The molecule has 0 bridgehead atoms. The minimum absolute atomic E-state index is 0.0118. The first-order valence-corrected chi connectivity index (χ1v) is 9.92. The SMILES string of the molecule is N#Cc1c(N)sc2c1CCN(c1ccc(S(=O)(=O)C(F)(F)F)cc1[N+](=O)[O-])C2. The van der Waals surface area contributed by atoms with Gasteiger partial charge in [0.05, 0.1) is 21.9 Å². The van der Waals surface area contributed by atoms with Gasteiger partial charge in [-0.05, 0) is 24.1 Å². The zero-order valence-corrected chi connectivity index (χ0v) is 15.5. The average Bonchev–Trinajstić information content (AvgIpc) is 2.94. The van der Waals surface area contributed by atoms with Gasteiger partial charge in [0, 0.05) is 17.5 Å². The van der Waals surface area contributed by atoms with Crippen molar-refractivity contribution >= 4 is 37.5 Å². The molecule has 1 aliphatic heterocycles. The van der Waals surface area contributed by atoms with Crippen molar-refractivity contribution in [2.45, 2.75) is 23.4 Å². The van der Waals surface area contributed by atoms with Gasteiger partial charge in [0.15, 0.2) is 0 Å². The first-order valence-electron chi connectivity index (χ1n) is 7.62. The van der Waals surface area contributed by atoms with Crippen LogP contribution in [0.25, 0.3) is 0 Å². The van der Waals surface area contributed by atoms with E-state index in [0.717, 1.165) is 27.8 Å². The average molecular weight is 432 g/mol. The number of nitrogens with zero attached hydrogens (tertiary/aromatic N) is 3. The van der Waals surface area contributed by atoms with Gasteiger partial charge in [-0.1, -0.05) is 0 Å². The second kappa shape index (κ2) is 6.64. The Morgan fingerprint density at radius 1 is 1.36 bits per heavy atom. The van der Waals surface area contributed by atoms with Gasteiger partial charge in [0.25, 0.3) is 15.5 Å². The molecule has 0 atom stereocenters. The van der Waals surface area contributed by atoms with E-state index in [2.05, 4.69) is 0 Å². The van der Waals surface area contributed by atoms with Crippen LogP contribution in [0.2, 0.25) is 0 Å². The number of nitro benzene ring substituents is 1. The Hall–Kier alpha value is -2.85. The molecule has 2 aromatic rings. The molecule has 0 saturated heterocycles. The molecule has 0 radical (unpaired) electrons. The maximum absolute atomic E-state index is 12.7. The van der Waals surface area contributed by atoms with Crippen LogP contribution in [-0.2, 0) is 22.8 Å². The van der Waals surface area contributed by atoms with Crippen molar-refractivity contribution in [2.75, 3.05) is 17.2 Å². The number of sulfone groups is 1. The molecule has 0 spiro atoms. The number of nitrogens with two attached hydrogens (primary N) is 1. The molecule has 0 fully saturated rings. The number of nitriles is 1. The summed E-state index contributed by atoms with van der Waals surface area (Å²) in [5.74, 6) is 0. The molecular weight excluding hydrogens is 421 g/mol. The summed E-state index contributed by atoms with van der Waals surface area (Å²) < 4.78 is 61.3. The molecule has 1 aromatic carbocycles. The van der Waals surface area contributed by atoms with Crippen LogP contribution >= 0.6 is 11.3 Å². The predicted molar refractivity (Wildman–Crippen MR) is 94.5 cm³/mol. The van der Waals surface area contributed by atoms with E-state index in [4.69, 9.17) is 11.0 Å². The van der Waals surface area contributed by atoms with Gasteiger partial charge in [-0.2, -0.15) is 18.4 Å². The van der Waals surface area contributed by atoms with E-state index in [-0.39, 0.29) is 18.8 Å². The lowest BCUT2D eigenvalue weighted by molar-refractivity contribution is -0.384. The molecule has 0 amide bonds. The topological polar surface area (TPSA) is 130 Å². The number of benzene rings is 1. The summed E-state index contributed by atoms with van der Waals surface area (Å²) in [6, 6.07) is 4.11. The Kier molecular flexibility index (Phi) is 4.72. The fourth-order valence-corrected chi connectivity index (χ4v) is 4.84. The smallest absolute Gasteiger partial charge is 0.389 e. The number of alkyl halides is 3. The van der Waals surface area contributed by atoms with E-state index in [9.17, 15) is 31.7 Å². The molecule has 3 rings (SSSR count). The maximum atomic E-state index is 12.7. The minimum atomic E-state index is -5.71. The van der Waals surface area contributed by atoms with E-state index >= 15 is 0 Å². The highest BCUT2D eigenvalue weighted by Gasteiger charge is 2.47. The molecule has 0 saturated carbocycles. The molecule has 2 N–H and O–H groups in total. The number of nitrogen functional groups attached to an aromatic ring is 1. The zero-order valence-electron chi connectivity index (χ0n) is 13.9. The van der Waals surface area contributed by atoms with Crippen molar-refractivity contribution in [3.63, 3.8) is 0 Å². The van der Waals surface area contributed by atoms with Gasteiger partial charge in [-0.3, -0.25) is 10.1 Å². The number of thiophene rings is 1. The van der Waals surface area contributed by atoms with E-state index in [0.29, 0.717) is 29.1 Å². The maximum Gasteiger partial charge on any atom is 0.501 e. The van der Waals surface area contributed by atoms with Crippen molar-refractivity contribution in [3.8, 4) is 6.07 Å². The number of halogens is 3. The number of nitro groups is 1. The normalized spacial score (nSPS) is 14.4. The monoisotopic (exact) mass is 432 g/mol. The van der Waals surface area contributed by atoms with Gasteiger partial charge in [-0.15, -0.1) is 11.3 Å². The van der Waals surface area contributed by atoms with Crippen molar-refractivity contribution < 1.29 is 26.5 Å². The fourth-order valence-electron chi connectivity index (χ4n) is 2.97. The molecule has 1 aromatic heterocycles. The standard InChI is InChI=1S/C15H11F3N4O4S2/c16-15(17,18)28(25,26)8-1-2-11(12(5-8)22(23)24)21-4-3-9-10(6-19)14(20)27-13(9)7-21/h1-2,5H,3-4,7,20H2.